The highest BCUT2D eigenvalue weighted by Crippen LogP contribution is 2.44. The van der Waals surface area contributed by atoms with Gasteiger partial charge in [0.25, 0.3) is 0 Å². The summed E-state index contributed by atoms with van der Waals surface area (Å²) < 4.78 is 15.2. The van der Waals surface area contributed by atoms with Crippen LogP contribution in [0.2, 0.25) is 0 Å². The van der Waals surface area contributed by atoms with Gasteiger partial charge >= 0.3 is 0 Å². The average Bonchev–Trinajstić information content (AvgIpc) is 3.26. The largest absolute Gasteiger partial charge is 0.504 e. The molecule has 0 radical (unpaired) electrons. The van der Waals surface area contributed by atoms with E-state index in [-0.39, 0.29) is 0 Å². The van der Waals surface area contributed by atoms with Crippen molar-refractivity contribution in [3.8, 4) is 22.3 Å². The van der Waals surface area contributed by atoms with Crippen LogP contribution in [-0.2, 0) is 9.47 Å². The average molecular weight is 606 g/mol. The second-order valence-corrected chi connectivity index (χ2v) is 10.9. The van der Waals surface area contributed by atoms with Crippen molar-refractivity contribution < 1.29 is 9.47 Å². The van der Waals surface area contributed by atoms with Gasteiger partial charge in [-0.3, -0.25) is 0 Å². The van der Waals surface area contributed by atoms with E-state index in [0.717, 1.165) is 20.1 Å². The zero-order chi connectivity index (χ0) is 24.4. The summed E-state index contributed by atoms with van der Waals surface area (Å²) in [4.78, 5) is 0. The predicted octanol–water partition coefficient (Wildman–Crippen LogP) is 10.1. The first-order chi connectivity index (χ1) is 17.1. The van der Waals surface area contributed by atoms with Crippen molar-refractivity contribution in [1.82, 2.24) is 0 Å². The van der Waals surface area contributed by atoms with Crippen LogP contribution in [0.4, 0.5) is 0 Å². The zero-order valence-corrected chi connectivity index (χ0v) is 23.2. The minimum absolute atomic E-state index is 1.06. The molecule has 0 spiro atoms. The molecule has 5 rings (SSSR count). The van der Waals surface area contributed by atoms with E-state index >= 15 is 0 Å². The lowest BCUT2D eigenvalue weighted by atomic mass is 9.95. The Morgan fingerprint density at radius 3 is 1.34 bits per heavy atom. The first-order valence-corrected chi connectivity index (χ1v) is 13.4. The number of benzene rings is 4. The molecule has 5 heteroatoms. The molecular weight excluding hydrogens is 584 g/mol. The SMILES string of the molecule is COC=Cc1c(-c2ccc(Br)cc2)ccc2c1sc1c(C=COC)c(-c3ccc(Br)cc3)ccc12. The van der Waals surface area contributed by atoms with Gasteiger partial charge < -0.3 is 9.47 Å². The number of fused-ring (bicyclic) bond motifs is 3. The number of rotatable bonds is 6. The summed E-state index contributed by atoms with van der Waals surface area (Å²) in [6.45, 7) is 0. The van der Waals surface area contributed by atoms with Gasteiger partial charge in [0.05, 0.1) is 26.7 Å². The number of halogens is 2. The summed E-state index contributed by atoms with van der Waals surface area (Å²) in [7, 11) is 3.36. The Morgan fingerprint density at radius 1 is 0.571 bits per heavy atom. The Morgan fingerprint density at radius 2 is 0.971 bits per heavy atom. The quantitative estimate of drug-likeness (QED) is 0.179. The molecular formula is C30H22Br2O2S. The summed E-state index contributed by atoms with van der Waals surface area (Å²) in [6, 6.07) is 25.8. The third-order valence-electron chi connectivity index (χ3n) is 5.94. The molecule has 2 nitrogen and oxygen atoms in total. The summed E-state index contributed by atoms with van der Waals surface area (Å²) in [6.07, 6.45) is 7.63. The van der Waals surface area contributed by atoms with Gasteiger partial charge in [-0.2, -0.15) is 0 Å². The van der Waals surface area contributed by atoms with Crippen LogP contribution in [0.25, 0.3) is 54.6 Å². The molecule has 35 heavy (non-hydrogen) atoms. The first-order valence-electron chi connectivity index (χ1n) is 11.0. The van der Waals surface area contributed by atoms with Gasteiger partial charge in [0, 0.05) is 40.2 Å². The number of hydrogen-bond acceptors (Lipinski definition) is 3. The lowest BCUT2D eigenvalue weighted by Crippen LogP contribution is -1.85. The second kappa shape index (κ2) is 10.4. The number of ether oxygens (including phenoxy) is 2. The smallest absolute Gasteiger partial charge is 0.0831 e. The van der Waals surface area contributed by atoms with Crippen molar-refractivity contribution in [3.63, 3.8) is 0 Å². The fourth-order valence-corrected chi connectivity index (χ4v) is 6.20. The van der Waals surface area contributed by atoms with Crippen LogP contribution < -0.4 is 0 Å². The molecule has 4 aromatic carbocycles. The zero-order valence-electron chi connectivity index (χ0n) is 19.2. The van der Waals surface area contributed by atoms with Crippen molar-refractivity contribution in [3.05, 3.63) is 105 Å². The van der Waals surface area contributed by atoms with E-state index in [1.807, 2.05) is 11.3 Å². The van der Waals surface area contributed by atoms with Crippen LogP contribution >= 0.6 is 43.2 Å². The molecule has 0 unspecified atom stereocenters. The van der Waals surface area contributed by atoms with E-state index in [0.29, 0.717) is 0 Å². The van der Waals surface area contributed by atoms with Gasteiger partial charge in [-0.05, 0) is 58.7 Å². The summed E-state index contributed by atoms with van der Waals surface area (Å²) in [5, 5.41) is 2.46. The van der Waals surface area contributed by atoms with Crippen LogP contribution in [0, 0.1) is 0 Å². The maximum absolute atomic E-state index is 5.33. The van der Waals surface area contributed by atoms with Crippen molar-refractivity contribution in [2.45, 2.75) is 0 Å². The molecule has 174 valence electrons. The molecule has 1 heterocycles. The van der Waals surface area contributed by atoms with Gasteiger partial charge in [-0.15, -0.1) is 11.3 Å². The Kier molecular flexibility index (Phi) is 7.09. The molecule has 0 saturated carbocycles. The van der Waals surface area contributed by atoms with Crippen molar-refractivity contribution in [2.24, 2.45) is 0 Å². The fraction of sp³-hybridized carbons (Fsp3) is 0.0667. The van der Waals surface area contributed by atoms with Crippen LogP contribution in [0.1, 0.15) is 11.1 Å². The molecule has 1 aromatic heterocycles. The molecule has 0 aliphatic heterocycles. The Labute approximate surface area is 225 Å². The van der Waals surface area contributed by atoms with E-state index in [1.54, 1.807) is 26.7 Å². The molecule has 0 bridgehead atoms. The Bertz CT molecular complexity index is 1450. The van der Waals surface area contributed by atoms with Crippen molar-refractivity contribution in [1.29, 1.82) is 0 Å². The lowest BCUT2D eigenvalue weighted by Gasteiger charge is -2.09. The number of methoxy groups -OCH3 is 2. The van der Waals surface area contributed by atoms with E-state index in [1.165, 1.54) is 42.4 Å². The van der Waals surface area contributed by atoms with Crippen LogP contribution in [-0.4, -0.2) is 14.2 Å². The third kappa shape index (κ3) is 4.68. The number of thiophene rings is 1. The molecule has 0 saturated heterocycles. The van der Waals surface area contributed by atoms with E-state index in [9.17, 15) is 0 Å². The van der Waals surface area contributed by atoms with E-state index in [2.05, 4.69) is 117 Å². The molecule has 5 aromatic rings. The maximum Gasteiger partial charge on any atom is 0.0831 e. The van der Waals surface area contributed by atoms with Gasteiger partial charge in [-0.1, -0.05) is 80.4 Å². The van der Waals surface area contributed by atoms with Crippen molar-refractivity contribution in [2.75, 3.05) is 14.2 Å². The lowest BCUT2D eigenvalue weighted by molar-refractivity contribution is 0.341. The minimum atomic E-state index is 1.06. The highest BCUT2D eigenvalue weighted by Gasteiger charge is 2.17. The maximum atomic E-state index is 5.33. The van der Waals surface area contributed by atoms with Crippen molar-refractivity contribution >= 4 is 75.5 Å². The van der Waals surface area contributed by atoms with Crippen LogP contribution in [0.5, 0.6) is 0 Å². The minimum Gasteiger partial charge on any atom is -0.504 e. The van der Waals surface area contributed by atoms with Gasteiger partial charge in [0.2, 0.25) is 0 Å². The van der Waals surface area contributed by atoms with E-state index < -0.39 is 0 Å². The molecule has 0 atom stereocenters. The summed E-state index contributed by atoms with van der Waals surface area (Å²) in [5.74, 6) is 0. The molecule has 0 aliphatic carbocycles. The second-order valence-electron chi connectivity index (χ2n) is 8.00. The highest BCUT2D eigenvalue weighted by molar-refractivity contribution is 9.10. The standard InChI is InChI=1S/C30H22Br2O2S/c1-33-17-15-27-23(19-3-7-21(31)8-4-19)11-13-25-26-14-12-24(20-5-9-22(32)10-6-20)28(16-18-34-2)30(26)35-29(25)27/h3-18H,1-2H3. The van der Waals surface area contributed by atoms with E-state index in [4.69, 9.17) is 9.47 Å². The summed E-state index contributed by atoms with van der Waals surface area (Å²) >= 11 is 8.91. The highest BCUT2D eigenvalue weighted by atomic mass is 79.9. The van der Waals surface area contributed by atoms with Crippen LogP contribution in [0.3, 0.4) is 0 Å². The normalized spacial score (nSPS) is 11.8. The Hall–Kier alpha value is -2.86. The fourth-order valence-electron chi connectivity index (χ4n) is 4.31. The third-order valence-corrected chi connectivity index (χ3v) is 8.28. The Balaban J connectivity index is 1.81. The molecule has 0 N–H and O–H groups in total. The predicted molar refractivity (Wildman–Crippen MR) is 158 cm³/mol. The summed E-state index contributed by atoms with van der Waals surface area (Å²) in [5.41, 5.74) is 6.98. The topological polar surface area (TPSA) is 18.5 Å². The van der Waals surface area contributed by atoms with Gasteiger partial charge in [0.15, 0.2) is 0 Å². The number of hydrogen-bond donors (Lipinski definition) is 0. The van der Waals surface area contributed by atoms with Crippen LogP contribution in [0.15, 0.2) is 94.3 Å². The van der Waals surface area contributed by atoms with Gasteiger partial charge in [0.1, 0.15) is 0 Å². The molecule has 0 amide bonds. The molecule has 0 aliphatic rings. The monoisotopic (exact) mass is 604 g/mol. The van der Waals surface area contributed by atoms with Gasteiger partial charge in [-0.25, -0.2) is 0 Å². The first kappa shape index (κ1) is 23.9. The molecule has 0 fully saturated rings.